The number of imide groups is 1. The van der Waals surface area contributed by atoms with Gasteiger partial charge in [-0.2, -0.15) is 0 Å². The highest BCUT2D eigenvalue weighted by molar-refractivity contribution is 6.23. The Bertz CT molecular complexity index is 1040. The van der Waals surface area contributed by atoms with Gasteiger partial charge in [0.25, 0.3) is 11.8 Å². The molecule has 6 nitrogen and oxygen atoms in total. The number of hydrogen-bond acceptors (Lipinski definition) is 4. The summed E-state index contributed by atoms with van der Waals surface area (Å²) in [6.07, 6.45) is 1.85. The van der Waals surface area contributed by atoms with Gasteiger partial charge in [0.1, 0.15) is 11.9 Å². The Morgan fingerprint density at radius 3 is 2.14 bits per heavy atom. The van der Waals surface area contributed by atoms with Gasteiger partial charge >= 0.3 is 0 Å². The van der Waals surface area contributed by atoms with Crippen LogP contribution in [-0.4, -0.2) is 33.6 Å². The van der Waals surface area contributed by atoms with Gasteiger partial charge in [-0.25, -0.2) is 4.98 Å². The van der Waals surface area contributed by atoms with Gasteiger partial charge in [-0.05, 0) is 36.2 Å². The number of aryl methyl sites for hydroxylation is 1. The number of amides is 3. The highest BCUT2D eigenvalue weighted by Crippen LogP contribution is 2.26. The van der Waals surface area contributed by atoms with Crippen LogP contribution in [-0.2, 0) is 11.2 Å². The average Bonchev–Trinajstić information content (AvgIpc) is 2.99. The molecule has 1 N–H and O–H groups in total. The summed E-state index contributed by atoms with van der Waals surface area (Å²) in [7, 11) is 0. The highest BCUT2D eigenvalue weighted by atomic mass is 16.2. The quantitative estimate of drug-likeness (QED) is 0.684. The number of nitrogens with one attached hydrogen (secondary N) is 1. The van der Waals surface area contributed by atoms with Crippen LogP contribution in [0.1, 0.15) is 31.8 Å². The third kappa shape index (κ3) is 3.65. The Morgan fingerprint density at radius 2 is 1.55 bits per heavy atom. The third-order valence-electron chi connectivity index (χ3n) is 4.87. The molecule has 2 heterocycles. The number of anilines is 1. The summed E-state index contributed by atoms with van der Waals surface area (Å²) in [6, 6.07) is 18.5. The molecular weight excluding hydrogens is 366 g/mol. The molecule has 6 heteroatoms. The monoisotopic (exact) mass is 385 g/mol. The largest absolute Gasteiger partial charge is 0.309 e. The van der Waals surface area contributed by atoms with E-state index in [-0.39, 0.29) is 6.42 Å². The third-order valence-corrected chi connectivity index (χ3v) is 4.87. The second kappa shape index (κ2) is 7.67. The molecule has 0 bridgehead atoms. The summed E-state index contributed by atoms with van der Waals surface area (Å²) < 4.78 is 0. The number of carbonyl (C=O) groups excluding carboxylic acids is 3. The van der Waals surface area contributed by atoms with Gasteiger partial charge in [0.05, 0.1) is 11.1 Å². The van der Waals surface area contributed by atoms with E-state index in [1.165, 1.54) is 0 Å². The van der Waals surface area contributed by atoms with E-state index in [0.717, 1.165) is 16.0 Å². The van der Waals surface area contributed by atoms with Crippen molar-refractivity contribution >= 4 is 23.5 Å². The molecule has 1 atom stereocenters. The van der Waals surface area contributed by atoms with Crippen LogP contribution in [0.2, 0.25) is 0 Å². The van der Waals surface area contributed by atoms with Crippen molar-refractivity contribution in [2.75, 3.05) is 5.32 Å². The Morgan fingerprint density at radius 1 is 0.931 bits per heavy atom. The lowest BCUT2D eigenvalue weighted by atomic mass is 10.0. The molecule has 144 valence electrons. The lowest BCUT2D eigenvalue weighted by Crippen LogP contribution is -2.48. The minimum atomic E-state index is -0.993. The van der Waals surface area contributed by atoms with E-state index in [2.05, 4.69) is 10.3 Å². The maximum Gasteiger partial charge on any atom is 0.262 e. The van der Waals surface area contributed by atoms with Gasteiger partial charge in [-0.3, -0.25) is 19.3 Å². The van der Waals surface area contributed by atoms with Crippen LogP contribution in [0.25, 0.3) is 0 Å². The fourth-order valence-electron chi connectivity index (χ4n) is 3.38. The maximum atomic E-state index is 13.1. The van der Waals surface area contributed by atoms with E-state index in [4.69, 9.17) is 0 Å². The minimum Gasteiger partial charge on any atom is -0.309 e. The lowest BCUT2D eigenvalue weighted by Gasteiger charge is -2.25. The normalized spacial score (nSPS) is 13.9. The molecule has 1 aromatic heterocycles. The van der Waals surface area contributed by atoms with E-state index in [1.54, 1.807) is 36.5 Å². The Labute approximate surface area is 168 Å². The zero-order chi connectivity index (χ0) is 20.4. The number of aromatic nitrogens is 1. The molecule has 2 aromatic carbocycles. The van der Waals surface area contributed by atoms with Crippen LogP contribution >= 0.6 is 0 Å². The summed E-state index contributed by atoms with van der Waals surface area (Å²) >= 11 is 0. The van der Waals surface area contributed by atoms with Crippen LogP contribution < -0.4 is 5.32 Å². The van der Waals surface area contributed by atoms with Crippen molar-refractivity contribution in [2.24, 2.45) is 0 Å². The van der Waals surface area contributed by atoms with Crippen molar-refractivity contribution in [3.63, 3.8) is 0 Å². The first-order valence-corrected chi connectivity index (χ1v) is 9.29. The summed E-state index contributed by atoms with van der Waals surface area (Å²) in [4.78, 5) is 44.3. The first kappa shape index (κ1) is 18.6. The van der Waals surface area contributed by atoms with Crippen LogP contribution in [0, 0.1) is 6.92 Å². The Balaban J connectivity index is 1.67. The zero-order valence-corrected chi connectivity index (χ0v) is 15.8. The molecule has 0 radical (unpaired) electrons. The molecule has 0 saturated heterocycles. The summed E-state index contributed by atoms with van der Waals surface area (Å²) in [5.74, 6) is -1.01. The number of hydrogen-bond donors (Lipinski definition) is 1. The number of fused-ring (bicyclic) bond motifs is 1. The molecule has 29 heavy (non-hydrogen) atoms. The summed E-state index contributed by atoms with van der Waals surface area (Å²) in [5, 5.41) is 2.74. The highest BCUT2D eigenvalue weighted by Gasteiger charge is 2.42. The van der Waals surface area contributed by atoms with Crippen molar-refractivity contribution in [1.29, 1.82) is 0 Å². The zero-order valence-electron chi connectivity index (χ0n) is 15.8. The second-order valence-corrected chi connectivity index (χ2v) is 6.94. The van der Waals surface area contributed by atoms with Gasteiger partial charge in [-0.15, -0.1) is 0 Å². The molecule has 4 rings (SSSR count). The summed E-state index contributed by atoms with van der Waals surface area (Å²) in [5.41, 5.74) is 2.44. The first-order valence-electron chi connectivity index (χ1n) is 9.29. The van der Waals surface area contributed by atoms with E-state index in [9.17, 15) is 14.4 Å². The van der Waals surface area contributed by atoms with Gasteiger partial charge in [0.2, 0.25) is 5.91 Å². The predicted octanol–water partition coefficient (Wildman–Crippen LogP) is 3.24. The van der Waals surface area contributed by atoms with Gasteiger partial charge < -0.3 is 5.32 Å². The molecule has 3 aromatic rings. The predicted molar refractivity (Wildman–Crippen MR) is 108 cm³/mol. The van der Waals surface area contributed by atoms with Crippen LogP contribution in [0.4, 0.5) is 5.82 Å². The minimum absolute atomic E-state index is 0.212. The lowest BCUT2D eigenvalue weighted by molar-refractivity contribution is -0.120. The van der Waals surface area contributed by atoms with Crippen LogP contribution in [0.5, 0.6) is 0 Å². The number of pyridine rings is 1. The molecule has 0 spiro atoms. The van der Waals surface area contributed by atoms with Crippen LogP contribution in [0.3, 0.4) is 0 Å². The van der Waals surface area contributed by atoms with Crippen molar-refractivity contribution in [3.8, 4) is 0 Å². The van der Waals surface area contributed by atoms with E-state index >= 15 is 0 Å². The van der Waals surface area contributed by atoms with Gasteiger partial charge in [-0.1, -0.05) is 48.5 Å². The fourth-order valence-corrected chi connectivity index (χ4v) is 3.38. The first-order chi connectivity index (χ1) is 14.0. The molecule has 0 fully saturated rings. The van der Waals surface area contributed by atoms with Crippen molar-refractivity contribution in [1.82, 2.24) is 9.88 Å². The number of benzene rings is 2. The molecule has 1 aliphatic rings. The summed E-state index contributed by atoms with van der Waals surface area (Å²) in [6.45, 7) is 1.90. The molecule has 0 aliphatic carbocycles. The molecule has 0 saturated carbocycles. The van der Waals surface area contributed by atoms with E-state index in [0.29, 0.717) is 16.9 Å². The van der Waals surface area contributed by atoms with Crippen LogP contribution in [0.15, 0.2) is 72.9 Å². The molecule has 0 unspecified atom stereocenters. The number of carbonyl (C=O) groups is 3. The smallest absolute Gasteiger partial charge is 0.262 e. The van der Waals surface area contributed by atoms with Crippen molar-refractivity contribution < 1.29 is 14.4 Å². The second-order valence-electron chi connectivity index (χ2n) is 6.94. The van der Waals surface area contributed by atoms with Crippen molar-refractivity contribution in [2.45, 2.75) is 19.4 Å². The molecular formula is C23H19N3O3. The Kier molecular flexibility index (Phi) is 4.91. The van der Waals surface area contributed by atoms with Gasteiger partial charge in [0.15, 0.2) is 0 Å². The fraction of sp³-hybridized carbons (Fsp3) is 0.130. The van der Waals surface area contributed by atoms with Gasteiger partial charge in [0, 0.05) is 12.6 Å². The maximum absolute atomic E-state index is 13.1. The topological polar surface area (TPSA) is 79.4 Å². The standard InChI is InChI=1S/C23H19N3O3/c1-15-11-12-20(24-14-15)25-21(27)19(13-16-7-3-2-4-8-16)26-22(28)17-9-5-6-10-18(17)23(26)29/h2-12,14,19H,13H2,1H3,(H,24,25,27)/t19-/m0/s1. The van der Waals surface area contributed by atoms with E-state index in [1.807, 2.05) is 43.3 Å². The SMILES string of the molecule is Cc1ccc(NC(=O)[C@H](Cc2ccccc2)N2C(=O)c3ccccc3C2=O)nc1. The van der Waals surface area contributed by atoms with E-state index < -0.39 is 23.8 Å². The Hall–Kier alpha value is -3.80. The number of nitrogens with zero attached hydrogens (tertiary/aromatic N) is 2. The molecule has 3 amide bonds. The number of rotatable bonds is 5. The average molecular weight is 385 g/mol. The van der Waals surface area contributed by atoms with Crippen molar-refractivity contribution in [3.05, 3.63) is 95.2 Å². The molecule has 1 aliphatic heterocycles.